The van der Waals surface area contributed by atoms with Gasteiger partial charge in [0.15, 0.2) is 5.82 Å². The van der Waals surface area contributed by atoms with Gasteiger partial charge in [0.2, 0.25) is 11.8 Å². The maximum Gasteiger partial charge on any atom is 0.241 e. The number of anilines is 2. The van der Waals surface area contributed by atoms with E-state index in [-0.39, 0.29) is 36.7 Å². The molecule has 0 spiro atoms. The van der Waals surface area contributed by atoms with Crippen molar-refractivity contribution in [2.24, 2.45) is 5.92 Å². The van der Waals surface area contributed by atoms with Gasteiger partial charge in [0, 0.05) is 30.8 Å². The molecule has 2 amide bonds. The van der Waals surface area contributed by atoms with Crippen LogP contribution in [0.2, 0.25) is 0 Å². The lowest BCUT2D eigenvalue weighted by Gasteiger charge is -2.31. The molecule has 2 heterocycles. The van der Waals surface area contributed by atoms with Crippen LogP contribution in [0.1, 0.15) is 18.6 Å². The number of nitrogens with one attached hydrogen (secondary N) is 2. The molecule has 8 heteroatoms. The summed E-state index contributed by atoms with van der Waals surface area (Å²) in [6, 6.07) is 11.3. The predicted molar refractivity (Wildman–Crippen MR) is 101 cm³/mol. The molecule has 3 rings (SSSR count). The van der Waals surface area contributed by atoms with Gasteiger partial charge in [-0.15, -0.1) is 12.4 Å². The number of aryl methyl sites for hydroxylation is 1. The second-order valence-electron chi connectivity index (χ2n) is 6.19. The number of piperidine rings is 1. The van der Waals surface area contributed by atoms with Crippen molar-refractivity contribution in [1.29, 1.82) is 0 Å². The van der Waals surface area contributed by atoms with Crippen molar-refractivity contribution in [1.82, 2.24) is 10.1 Å². The van der Waals surface area contributed by atoms with E-state index in [1.807, 2.05) is 30.3 Å². The standard InChI is InChI=1S/C18H22N4O3.ClH/c1-13-11-16(21-25-13)20-18(24)14-7-9-22(10-8-14)17(23)12-19-15-5-3-2-4-6-15;/h2-6,11,14,19H,7-10,12H2,1H3,(H,20,21,24);1H. The molecule has 2 N–H and O–H groups in total. The molecule has 0 aliphatic carbocycles. The van der Waals surface area contributed by atoms with Crippen molar-refractivity contribution in [3.05, 3.63) is 42.2 Å². The van der Waals surface area contributed by atoms with Crippen molar-refractivity contribution < 1.29 is 14.1 Å². The molecule has 0 radical (unpaired) electrons. The van der Waals surface area contributed by atoms with Crippen LogP contribution in [0, 0.1) is 12.8 Å². The SMILES string of the molecule is Cc1cc(NC(=O)C2CCN(C(=O)CNc3ccccc3)CC2)no1.Cl. The summed E-state index contributed by atoms with van der Waals surface area (Å²) in [6.07, 6.45) is 1.31. The number of hydrogen-bond acceptors (Lipinski definition) is 5. The number of carbonyl (C=O) groups is 2. The third-order valence-corrected chi connectivity index (χ3v) is 4.32. The number of carbonyl (C=O) groups excluding carboxylic acids is 2. The molecule has 1 saturated heterocycles. The van der Waals surface area contributed by atoms with E-state index in [9.17, 15) is 9.59 Å². The number of halogens is 1. The molecule has 1 fully saturated rings. The van der Waals surface area contributed by atoms with Crippen molar-refractivity contribution in [2.75, 3.05) is 30.3 Å². The van der Waals surface area contributed by atoms with Gasteiger partial charge < -0.3 is 20.1 Å². The predicted octanol–water partition coefficient (Wildman–Crippen LogP) is 2.69. The van der Waals surface area contributed by atoms with E-state index < -0.39 is 0 Å². The fourth-order valence-electron chi connectivity index (χ4n) is 2.89. The number of rotatable bonds is 5. The average molecular weight is 379 g/mol. The van der Waals surface area contributed by atoms with E-state index in [1.54, 1.807) is 17.9 Å². The zero-order valence-electron chi connectivity index (χ0n) is 14.6. The van der Waals surface area contributed by atoms with Gasteiger partial charge in [-0.1, -0.05) is 23.4 Å². The van der Waals surface area contributed by atoms with E-state index in [1.165, 1.54) is 0 Å². The Labute approximate surface area is 158 Å². The zero-order chi connectivity index (χ0) is 17.6. The molecular formula is C18H23ClN4O3. The topological polar surface area (TPSA) is 87.5 Å². The lowest BCUT2D eigenvalue weighted by Crippen LogP contribution is -2.43. The number of aromatic nitrogens is 1. The fraction of sp³-hybridized carbons (Fsp3) is 0.389. The lowest BCUT2D eigenvalue weighted by molar-refractivity contribution is -0.132. The van der Waals surface area contributed by atoms with Crippen molar-refractivity contribution in [3.63, 3.8) is 0 Å². The maximum atomic E-state index is 12.3. The van der Waals surface area contributed by atoms with Gasteiger partial charge in [0.1, 0.15) is 5.76 Å². The van der Waals surface area contributed by atoms with Crippen LogP contribution < -0.4 is 10.6 Å². The van der Waals surface area contributed by atoms with E-state index in [0.717, 1.165) is 5.69 Å². The van der Waals surface area contributed by atoms with Crippen LogP contribution in [0.4, 0.5) is 11.5 Å². The summed E-state index contributed by atoms with van der Waals surface area (Å²) in [4.78, 5) is 26.3. The minimum atomic E-state index is -0.108. The minimum absolute atomic E-state index is 0. The number of hydrogen-bond donors (Lipinski definition) is 2. The summed E-state index contributed by atoms with van der Waals surface area (Å²) < 4.78 is 4.94. The van der Waals surface area contributed by atoms with Gasteiger partial charge >= 0.3 is 0 Å². The molecule has 0 unspecified atom stereocenters. The highest BCUT2D eigenvalue weighted by molar-refractivity contribution is 5.92. The third kappa shape index (κ3) is 5.23. The van der Waals surface area contributed by atoms with E-state index in [2.05, 4.69) is 15.8 Å². The van der Waals surface area contributed by atoms with Crippen molar-refractivity contribution >= 4 is 35.7 Å². The van der Waals surface area contributed by atoms with Gasteiger partial charge in [-0.05, 0) is 31.9 Å². The number of amides is 2. The first-order valence-electron chi connectivity index (χ1n) is 8.42. The second-order valence-corrected chi connectivity index (χ2v) is 6.19. The van der Waals surface area contributed by atoms with Crippen LogP contribution in [-0.2, 0) is 9.59 Å². The molecule has 7 nitrogen and oxygen atoms in total. The second kappa shape index (κ2) is 9.24. The first-order chi connectivity index (χ1) is 12.1. The van der Waals surface area contributed by atoms with E-state index >= 15 is 0 Å². The summed E-state index contributed by atoms with van der Waals surface area (Å²) in [7, 11) is 0. The summed E-state index contributed by atoms with van der Waals surface area (Å²) >= 11 is 0. The number of likely N-dealkylation sites (tertiary alicyclic amines) is 1. The highest BCUT2D eigenvalue weighted by Crippen LogP contribution is 2.19. The van der Waals surface area contributed by atoms with Crippen LogP contribution in [0.15, 0.2) is 40.9 Å². The van der Waals surface area contributed by atoms with E-state index in [0.29, 0.717) is 37.5 Å². The Hall–Kier alpha value is -2.54. The van der Waals surface area contributed by atoms with Gasteiger partial charge in [-0.2, -0.15) is 0 Å². The largest absolute Gasteiger partial charge is 0.376 e. The molecule has 0 atom stereocenters. The molecule has 1 aliphatic rings. The van der Waals surface area contributed by atoms with Gasteiger partial charge in [-0.3, -0.25) is 9.59 Å². The number of nitrogens with zero attached hydrogens (tertiary/aromatic N) is 2. The summed E-state index contributed by atoms with van der Waals surface area (Å²) in [5, 5.41) is 9.65. The molecule has 2 aromatic rings. The molecule has 140 valence electrons. The minimum Gasteiger partial charge on any atom is -0.376 e. The van der Waals surface area contributed by atoms with Crippen LogP contribution in [0.25, 0.3) is 0 Å². The molecule has 0 bridgehead atoms. The Bertz CT molecular complexity index is 727. The third-order valence-electron chi connectivity index (χ3n) is 4.32. The molecule has 1 aliphatic heterocycles. The molecule has 26 heavy (non-hydrogen) atoms. The zero-order valence-corrected chi connectivity index (χ0v) is 15.4. The first-order valence-corrected chi connectivity index (χ1v) is 8.42. The number of benzene rings is 1. The van der Waals surface area contributed by atoms with Crippen LogP contribution >= 0.6 is 12.4 Å². The van der Waals surface area contributed by atoms with Gasteiger partial charge in [-0.25, -0.2) is 0 Å². The normalized spacial score (nSPS) is 14.4. The van der Waals surface area contributed by atoms with E-state index in [4.69, 9.17) is 4.52 Å². The Morgan fingerprint density at radius 1 is 1.23 bits per heavy atom. The average Bonchev–Trinajstić information content (AvgIpc) is 3.05. The first kappa shape index (κ1) is 19.8. The van der Waals surface area contributed by atoms with Gasteiger partial charge in [0.25, 0.3) is 0 Å². The quantitative estimate of drug-likeness (QED) is 0.835. The molecular weight excluding hydrogens is 356 g/mol. The Morgan fingerprint density at radius 2 is 1.92 bits per heavy atom. The Kier molecular flexibility index (Phi) is 7.03. The fourth-order valence-corrected chi connectivity index (χ4v) is 2.89. The molecule has 1 aromatic carbocycles. The monoisotopic (exact) mass is 378 g/mol. The van der Waals surface area contributed by atoms with Crippen LogP contribution in [-0.4, -0.2) is 41.5 Å². The molecule has 1 aromatic heterocycles. The van der Waals surface area contributed by atoms with Gasteiger partial charge in [0.05, 0.1) is 6.54 Å². The summed E-state index contributed by atoms with van der Waals surface area (Å²) in [5.74, 6) is 0.968. The van der Waals surface area contributed by atoms with Crippen molar-refractivity contribution in [2.45, 2.75) is 19.8 Å². The highest BCUT2D eigenvalue weighted by atomic mass is 35.5. The lowest BCUT2D eigenvalue weighted by atomic mass is 9.96. The summed E-state index contributed by atoms with van der Waals surface area (Å²) in [5.41, 5.74) is 0.924. The Balaban J connectivity index is 0.00000243. The smallest absolute Gasteiger partial charge is 0.241 e. The highest BCUT2D eigenvalue weighted by Gasteiger charge is 2.27. The van der Waals surface area contributed by atoms with Crippen LogP contribution in [0.5, 0.6) is 0 Å². The molecule has 0 saturated carbocycles. The maximum absolute atomic E-state index is 12.3. The van der Waals surface area contributed by atoms with Crippen molar-refractivity contribution in [3.8, 4) is 0 Å². The van der Waals surface area contributed by atoms with Crippen LogP contribution in [0.3, 0.4) is 0 Å². The Morgan fingerprint density at radius 3 is 2.54 bits per heavy atom. The number of para-hydroxylation sites is 1. The summed E-state index contributed by atoms with van der Waals surface area (Å²) in [6.45, 7) is 3.21.